The van der Waals surface area contributed by atoms with Gasteiger partial charge >= 0.3 is 18.1 Å². The minimum absolute atomic E-state index is 0.0207. The second-order valence-electron chi connectivity index (χ2n) is 9.22. The number of aldehydes is 1. The van der Waals surface area contributed by atoms with Crippen molar-refractivity contribution in [3.63, 3.8) is 0 Å². The number of unbranched alkanes of at least 4 members (excludes halogenated alkanes) is 1. The molecule has 2 aromatic rings. The topological polar surface area (TPSA) is 150 Å². The molecule has 1 aromatic heterocycles. The molecular weight excluding hydrogens is 575 g/mol. The van der Waals surface area contributed by atoms with Crippen molar-refractivity contribution < 1.29 is 45.9 Å². The van der Waals surface area contributed by atoms with Gasteiger partial charge in [0.2, 0.25) is 15.9 Å². The highest BCUT2D eigenvalue weighted by Crippen LogP contribution is 2.28. The van der Waals surface area contributed by atoms with Gasteiger partial charge in [-0.1, -0.05) is 18.6 Å². The maximum Gasteiger partial charge on any atom is 0.471 e. The number of nitrogens with zero attached hydrogens (tertiary/aromatic N) is 1. The third-order valence-corrected chi connectivity index (χ3v) is 8.78. The van der Waals surface area contributed by atoms with E-state index in [0.717, 1.165) is 0 Å². The van der Waals surface area contributed by atoms with Crippen LogP contribution in [0.25, 0.3) is 0 Å². The number of halogens is 3. The van der Waals surface area contributed by atoms with Crippen LogP contribution in [0.5, 0.6) is 0 Å². The number of rotatable bonds is 13. The number of thiophene rings is 1. The molecule has 0 bridgehead atoms. The molecule has 0 saturated carbocycles. The molecule has 218 valence electrons. The average molecular weight is 604 g/mol. The van der Waals surface area contributed by atoms with Gasteiger partial charge in [-0.05, 0) is 54.0 Å². The zero-order valence-corrected chi connectivity index (χ0v) is 22.8. The first-order chi connectivity index (χ1) is 18.8. The molecule has 3 rings (SSSR count). The molecule has 2 amide bonds. The number of carboxylic acid groups (broad SMARTS) is 1. The summed E-state index contributed by atoms with van der Waals surface area (Å²) in [6, 6.07) is 6.48. The number of hydrogen-bond acceptors (Lipinski definition) is 7. The predicted octanol–water partition coefficient (Wildman–Crippen LogP) is 2.59. The van der Waals surface area contributed by atoms with Crippen LogP contribution in [0.3, 0.4) is 0 Å². The van der Waals surface area contributed by atoms with Crippen molar-refractivity contribution in [3.8, 4) is 0 Å². The fourth-order valence-corrected chi connectivity index (χ4v) is 6.30. The lowest BCUT2D eigenvalue weighted by molar-refractivity contribution is -0.186. The Morgan fingerprint density at radius 3 is 2.52 bits per heavy atom. The first-order valence-corrected chi connectivity index (χ1v) is 14.7. The van der Waals surface area contributed by atoms with Crippen LogP contribution in [0.2, 0.25) is 0 Å². The Morgan fingerprint density at radius 2 is 1.90 bits per heavy atom. The quantitative estimate of drug-likeness (QED) is 0.235. The number of sulfonamides is 1. The summed E-state index contributed by atoms with van der Waals surface area (Å²) in [5, 5.41) is 13.1. The minimum Gasteiger partial charge on any atom is -0.481 e. The van der Waals surface area contributed by atoms with Gasteiger partial charge in [-0.3, -0.25) is 14.4 Å². The Labute approximate surface area is 232 Å². The number of hydrogen-bond donors (Lipinski definition) is 3. The van der Waals surface area contributed by atoms with Crippen LogP contribution in [-0.2, 0) is 42.2 Å². The highest BCUT2D eigenvalue weighted by atomic mass is 32.2. The van der Waals surface area contributed by atoms with Gasteiger partial charge in [0.1, 0.15) is 6.29 Å². The maximum absolute atomic E-state index is 12.8. The van der Waals surface area contributed by atoms with Gasteiger partial charge in [0.05, 0.1) is 23.3 Å². The number of alkyl halides is 3. The Balaban J connectivity index is 1.57. The van der Waals surface area contributed by atoms with Crippen molar-refractivity contribution in [1.82, 2.24) is 14.9 Å². The smallest absolute Gasteiger partial charge is 0.471 e. The number of carbonyl (C=O) groups is 4. The van der Waals surface area contributed by atoms with E-state index in [2.05, 4.69) is 10.0 Å². The predicted molar refractivity (Wildman–Crippen MR) is 138 cm³/mol. The van der Waals surface area contributed by atoms with Gasteiger partial charge in [0, 0.05) is 24.5 Å². The van der Waals surface area contributed by atoms with E-state index in [0.29, 0.717) is 46.5 Å². The molecule has 1 aromatic carbocycles. The molecule has 1 aliphatic rings. The summed E-state index contributed by atoms with van der Waals surface area (Å²) in [4.78, 5) is 47.7. The molecule has 15 heteroatoms. The molecule has 0 fully saturated rings. The van der Waals surface area contributed by atoms with Crippen LogP contribution in [0, 0.1) is 0 Å². The summed E-state index contributed by atoms with van der Waals surface area (Å²) >= 11 is 1.32. The minimum atomic E-state index is -5.01. The van der Waals surface area contributed by atoms with E-state index in [4.69, 9.17) is 5.11 Å². The van der Waals surface area contributed by atoms with Crippen LogP contribution < -0.4 is 10.0 Å². The number of carbonyl (C=O) groups excluding carboxylic acids is 3. The van der Waals surface area contributed by atoms with Crippen molar-refractivity contribution in [3.05, 3.63) is 51.7 Å². The first-order valence-electron chi connectivity index (χ1n) is 12.3. The largest absolute Gasteiger partial charge is 0.481 e. The molecule has 0 aliphatic carbocycles. The van der Waals surface area contributed by atoms with E-state index in [-0.39, 0.29) is 31.0 Å². The van der Waals surface area contributed by atoms with Gasteiger partial charge in [-0.15, -0.1) is 11.3 Å². The summed E-state index contributed by atoms with van der Waals surface area (Å²) in [6.45, 7) is -0.441. The van der Waals surface area contributed by atoms with Gasteiger partial charge in [-0.25, -0.2) is 13.1 Å². The summed E-state index contributed by atoms with van der Waals surface area (Å²) in [6.07, 6.45) is -3.95. The molecule has 0 saturated heterocycles. The highest BCUT2D eigenvalue weighted by molar-refractivity contribution is 7.89. The normalized spacial score (nSPS) is 15.1. The van der Waals surface area contributed by atoms with E-state index in [1.807, 2.05) is 0 Å². The zero-order valence-electron chi connectivity index (χ0n) is 21.1. The van der Waals surface area contributed by atoms with E-state index in [1.165, 1.54) is 29.5 Å². The lowest BCUT2D eigenvalue weighted by Crippen LogP contribution is -2.43. The molecular formula is C25H28F3N3O7S2. The van der Waals surface area contributed by atoms with Gasteiger partial charge in [-0.2, -0.15) is 13.2 Å². The second-order valence-corrected chi connectivity index (χ2v) is 12.0. The molecule has 2 heterocycles. The van der Waals surface area contributed by atoms with E-state index < -0.39 is 52.4 Å². The van der Waals surface area contributed by atoms with Crippen LogP contribution >= 0.6 is 11.3 Å². The number of amides is 2. The van der Waals surface area contributed by atoms with Crippen molar-refractivity contribution in [2.24, 2.45) is 0 Å². The van der Waals surface area contributed by atoms with Crippen LogP contribution in [0.1, 0.15) is 47.6 Å². The lowest BCUT2D eigenvalue weighted by atomic mass is 9.98. The fraction of sp³-hybridized carbons (Fsp3) is 0.440. The maximum atomic E-state index is 12.8. The third kappa shape index (κ3) is 8.35. The van der Waals surface area contributed by atoms with Crippen molar-refractivity contribution in [2.75, 3.05) is 13.1 Å². The second kappa shape index (κ2) is 13.4. The lowest BCUT2D eigenvalue weighted by Gasteiger charge is -2.29. The number of carboxylic acids is 1. The summed E-state index contributed by atoms with van der Waals surface area (Å²) in [5.74, 6) is -4.37. The average Bonchev–Trinajstić information content (AvgIpc) is 3.42. The molecule has 0 radical (unpaired) electrons. The summed E-state index contributed by atoms with van der Waals surface area (Å²) in [5.41, 5.74) is 0.997. The van der Waals surface area contributed by atoms with Crippen LogP contribution in [-0.4, -0.2) is 67.8 Å². The molecule has 40 heavy (non-hydrogen) atoms. The van der Waals surface area contributed by atoms with Gasteiger partial charge in [0.15, 0.2) is 0 Å². The number of fused-ring (bicyclic) bond motifs is 1. The number of benzene rings is 1. The molecule has 3 N–H and O–H groups in total. The van der Waals surface area contributed by atoms with Crippen LogP contribution in [0.4, 0.5) is 13.2 Å². The molecule has 0 spiro atoms. The highest BCUT2D eigenvalue weighted by Gasteiger charge is 2.43. The van der Waals surface area contributed by atoms with E-state index in [1.54, 1.807) is 17.5 Å². The summed E-state index contributed by atoms with van der Waals surface area (Å²) < 4.78 is 66.5. The number of aliphatic carboxylic acids is 1. The summed E-state index contributed by atoms with van der Waals surface area (Å²) in [7, 11) is -4.00. The van der Waals surface area contributed by atoms with Crippen LogP contribution in [0.15, 0.2) is 40.6 Å². The first kappa shape index (κ1) is 31.2. The SMILES string of the molecule is O=C[C@H](CC(=O)O)NC(=O)C(CCCCNS(=O)(=O)c1ccc2c(c1)CN(C(=O)C(F)(F)F)CC2)c1cccs1. The molecule has 1 aliphatic heterocycles. The van der Waals surface area contributed by atoms with Gasteiger partial charge < -0.3 is 20.1 Å². The number of nitrogens with one attached hydrogen (secondary N) is 2. The monoisotopic (exact) mass is 603 g/mol. The Morgan fingerprint density at radius 1 is 1.15 bits per heavy atom. The third-order valence-electron chi connectivity index (χ3n) is 6.33. The fourth-order valence-electron chi connectivity index (χ4n) is 4.31. The van der Waals surface area contributed by atoms with E-state index >= 15 is 0 Å². The van der Waals surface area contributed by atoms with Crippen molar-refractivity contribution >= 4 is 45.4 Å². The Hall–Kier alpha value is -3.30. The Bertz CT molecular complexity index is 1330. The zero-order chi connectivity index (χ0) is 29.5. The standard InChI is InChI=1S/C25H28F3N3O7S2/c26-25(27,28)24(36)31-10-8-16-6-7-19(12-17(16)14-31)40(37,38)29-9-2-1-4-20(21-5-3-11-39-21)23(35)30-18(15-32)13-22(33)34/h3,5-7,11-12,15,18,20,29H,1-2,4,8-10,13-14H2,(H,30,35)(H,33,34)/t18-,20?/m0/s1. The molecule has 10 nitrogen and oxygen atoms in total. The van der Waals surface area contributed by atoms with Gasteiger partial charge in [0.25, 0.3) is 0 Å². The molecule has 1 unspecified atom stereocenters. The van der Waals surface area contributed by atoms with E-state index in [9.17, 15) is 40.8 Å². The molecule has 2 atom stereocenters. The van der Waals surface area contributed by atoms with Crippen molar-refractivity contribution in [1.29, 1.82) is 0 Å². The Kier molecular flexibility index (Phi) is 10.4. The van der Waals surface area contributed by atoms with Crippen molar-refractivity contribution in [2.45, 2.75) is 61.7 Å².